The van der Waals surface area contributed by atoms with Gasteiger partial charge in [0.1, 0.15) is 18.4 Å². The molecule has 2 N–H and O–H groups in total. The maximum atomic E-state index is 11.6. The molecule has 1 aromatic rings. The second-order valence-electron chi connectivity index (χ2n) is 4.25. The summed E-state index contributed by atoms with van der Waals surface area (Å²) in [6.45, 7) is 0.266. The van der Waals surface area contributed by atoms with Crippen LogP contribution in [-0.2, 0) is 9.47 Å². The molecule has 4 atom stereocenters. The predicted octanol–water partition coefficient (Wildman–Crippen LogP) is -1.42. The largest absolute Gasteiger partial charge is 0.388 e. The van der Waals surface area contributed by atoms with Gasteiger partial charge < -0.3 is 14.6 Å². The van der Waals surface area contributed by atoms with E-state index in [1.165, 1.54) is 16.8 Å². The van der Waals surface area contributed by atoms with Crippen LogP contribution in [0.1, 0.15) is 12.6 Å². The van der Waals surface area contributed by atoms with Crippen molar-refractivity contribution in [2.75, 3.05) is 6.61 Å². The first-order chi connectivity index (χ1) is 8.15. The number of aliphatic hydroxyl groups excluding tert-OH is 1. The van der Waals surface area contributed by atoms with Crippen LogP contribution in [0.2, 0.25) is 0 Å². The molecule has 2 aliphatic rings. The van der Waals surface area contributed by atoms with Crippen molar-refractivity contribution in [2.45, 2.75) is 31.0 Å². The summed E-state index contributed by atoms with van der Waals surface area (Å²) in [5.41, 5.74) is -0.960. The molecule has 0 radical (unpaired) electrons. The molecule has 17 heavy (non-hydrogen) atoms. The maximum absolute atomic E-state index is 11.6. The number of aliphatic hydroxyl groups is 1. The average Bonchev–Trinajstić information content (AvgIpc) is 2.81. The van der Waals surface area contributed by atoms with E-state index in [4.69, 9.17) is 9.47 Å². The molecule has 2 fully saturated rings. The number of nitrogens with one attached hydrogen (secondary N) is 1. The molecule has 0 aliphatic carbocycles. The van der Waals surface area contributed by atoms with Crippen LogP contribution in [-0.4, -0.2) is 39.6 Å². The monoisotopic (exact) mass is 240 g/mol. The molecule has 2 aliphatic heterocycles. The standard InChI is InChI=1S/C10H12N2O5/c13-5-4-16-6-3-8(17-9(5)6)12-2-1-7(14)11-10(12)15/h1-2,5-6,8-9,13H,3-4H2,(H,11,14,15)/t5-,6-,8-,9-/m1/s1. The highest BCUT2D eigenvalue weighted by molar-refractivity contribution is 4.93. The van der Waals surface area contributed by atoms with E-state index in [1.54, 1.807) is 0 Å². The lowest BCUT2D eigenvalue weighted by atomic mass is 10.1. The van der Waals surface area contributed by atoms with Crippen LogP contribution in [0.25, 0.3) is 0 Å². The molecular formula is C10H12N2O5. The second kappa shape index (κ2) is 3.80. The van der Waals surface area contributed by atoms with Crippen LogP contribution in [0.5, 0.6) is 0 Å². The summed E-state index contributed by atoms with van der Waals surface area (Å²) in [5.74, 6) is 0. The van der Waals surface area contributed by atoms with Gasteiger partial charge in [-0.15, -0.1) is 0 Å². The molecule has 0 spiro atoms. The zero-order valence-corrected chi connectivity index (χ0v) is 8.91. The van der Waals surface area contributed by atoms with Crippen molar-refractivity contribution in [1.29, 1.82) is 0 Å². The Hall–Kier alpha value is -1.44. The van der Waals surface area contributed by atoms with Crippen LogP contribution in [0.3, 0.4) is 0 Å². The number of hydrogen-bond acceptors (Lipinski definition) is 5. The molecule has 2 saturated heterocycles. The molecule has 1 aromatic heterocycles. The molecule has 7 heteroatoms. The van der Waals surface area contributed by atoms with Gasteiger partial charge in [-0.2, -0.15) is 0 Å². The SMILES string of the molecule is O=c1ccn([C@H]2C[C@H]3OC[C@@H](O)[C@H]3O2)c(=O)[nH]1. The molecule has 0 saturated carbocycles. The van der Waals surface area contributed by atoms with Crippen molar-refractivity contribution in [2.24, 2.45) is 0 Å². The summed E-state index contributed by atoms with van der Waals surface area (Å²) in [6.07, 6.45) is 0.160. The first-order valence-electron chi connectivity index (χ1n) is 5.42. The van der Waals surface area contributed by atoms with Gasteiger partial charge in [-0.1, -0.05) is 0 Å². The summed E-state index contributed by atoms with van der Waals surface area (Å²) in [4.78, 5) is 24.6. The van der Waals surface area contributed by atoms with Crippen molar-refractivity contribution in [3.63, 3.8) is 0 Å². The Labute approximate surface area is 95.6 Å². The maximum Gasteiger partial charge on any atom is 0.330 e. The summed E-state index contributed by atoms with van der Waals surface area (Å²) >= 11 is 0. The van der Waals surface area contributed by atoms with E-state index in [9.17, 15) is 14.7 Å². The molecular weight excluding hydrogens is 228 g/mol. The van der Waals surface area contributed by atoms with Crippen LogP contribution in [0.15, 0.2) is 21.9 Å². The molecule has 0 amide bonds. The van der Waals surface area contributed by atoms with E-state index in [0.717, 1.165) is 0 Å². The Morgan fingerprint density at radius 2 is 2.29 bits per heavy atom. The van der Waals surface area contributed by atoms with E-state index in [2.05, 4.69) is 4.98 Å². The average molecular weight is 240 g/mol. The zero-order chi connectivity index (χ0) is 12.0. The number of nitrogens with zero attached hydrogens (tertiary/aromatic N) is 1. The molecule has 0 aromatic carbocycles. The number of aromatic amines is 1. The predicted molar refractivity (Wildman–Crippen MR) is 55.6 cm³/mol. The Balaban J connectivity index is 1.88. The minimum Gasteiger partial charge on any atom is -0.388 e. The van der Waals surface area contributed by atoms with Crippen molar-refractivity contribution >= 4 is 0 Å². The Bertz CT molecular complexity index is 536. The molecule has 0 bridgehead atoms. The summed E-state index contributed by atoms with van der Waals surface area (Å²) in [5, 5.41) is 9.58. The number of fused-ring (bicyclic) bond motifs is 1. The van der Waals surface area contributed by atoms with Crippen LogP contribution < -0.4 is 11.2 Å². The van der Waals surface area contributed by atoms with E-state index >= 15 is 0 Å². The Kier molecular flexibility index (Phi) is 2.39. The van der Waals surface area contributed by atoms with Crippen LogP contribution in [0, 0.1) is 0 Å². The van der Waals surface area contributed by atoms with Gasteiger partial charge in [-0.25, -0.2) is 4.79 Å². The number of aromatic nitrogens is 2. The third-order valence-corrected chi connectivity index (χ3v) is 3.14. The lowest BCUT2D eigenvalue weighted by Gasteiger charge is -2.15. The lowest BCUT2D eigenvalue weighted by Crippen LogP contribution is -2.32. The summed E-state index contributed by atoms with van der Waals surface area (Å²) < 4.78 is 12.2. The van der Waals surface area contributed by atoms with Gasteiger partial charge in [-0.3, -0.25) is 14.3 Å². The van der Waals surface area contributed by atoms with Crippen molar-refractivity contribution in [1.82, 2.24) is 9.55 Å². The van der Waals surface area contributed by atoms with Gasteiger partial charge in [0, 0.05) is 18.7 Å². The van der Waals surface area contributed by atoms with E-state index in [0.29, 0.717) is 6.42 Å². The first kappa shape index (κ1) is 10.7. The smallest absolute Gasteiger partial charge is 0.330 e. The summed E-state index contributed by atoms with van der Waals surface area (Å²) in [6, 6.07) is 1.26. The van der Waals surface area contributed by atoms with Gasteiger partial charge in [0.05, 0.1) is 12.7 Å². The summed E-state index contributed by atoms with van der Waals surface area (Å²) in [7, 11) is 0. The zero-order valence-electron chi connectivity index (χ0n) is 8.91. The fourth-order valence-corrected chi connectivity index (χ4v) is 2.31. The Morgan fingerprint density at radius 1 is 1.47 bits per heavy atom. The normalized spacial score (nSPS) is 36.1. The second-order valence-corrected chi connectivity index (χ2v) is 4.25. The lowest BCUT2D eigenvalue weighted by molar-refractivity contribution is -0.0491. The van der Waals surface area contributed by atoms with Gasteiger partial charge in [0.2, 0.25) is 0 Å². The fraction of sp³-hybridized carbons (Fsp3) is 0.600. The van der Waals surface area contributed by atoms with E-state index in [1.807, 2.05) is 0 Å². The number of hydrogen-bond donors (Lipinski definition) is 2. The van der Waals surface area contributed by atoms with Gasteiger partial charge in [0.15, 0.2) is 0 Å². The third kappa shape index (κ3) is 1.72. The molecule has 92 valence electrons. The quantitative estimate of drug-likeness (QED) is 0.628. The number of H-pyrrole nitrogens is 1. The van der Waals surface area contributed by atoms with Crippen molar-refractivity contribution < 1.29 is 14.6 Å². The van der Waals surface area contributed by atoms with Gasteiger partial charge >= 0.3 is 5.69 Å². The minimum atomic E-state index is -0.650. The third-order valence-electron chi connectivity index (χ3n) is 3.14. The number of rotatable bonds is 1. The molecule has 3 heterocycles. The van der Waals surface area contributed by atoms with Gasteiger partial charge in [0.25, 0.3) is 5.56 Å². The fourth-order valence-electron chi connectivity index (χ4n) is 2.31. The molecule has 3 rings (SSSR count). The van der Waals surface area contributed by atoms with Crippen LogP contribution >= 0.6 is 0 Å². The van der Waals surface area contributed by atoms with Gasteiger partial charge in [-0.05, 0) is 0 Å². The van der Waals surface area contributed by atoms with Crippen molar-refractivity contribution in [3.8, 4) is 0 Å². The number of ether oxygens (including phenoxy) is 2. The highest BCUT2D eigenvalue weighted by Crippen LogP contribution is 2.35. The Morgan fingerprint density at radius 3 is 3.00 bits per heavy atom. The highest BCUT2D eigenvalue weighted by Gasteiger charge is 2.46. The van der Waals surface area contributed by atoms with Crippen LogP contribution in [0.4, 0.5) is 0 Å². The molecule has 0 unspecified atom stereocenters. The first-order valence-corrected chi connectivity index (χ1v) is 5.42. The van der Waals surface area contributed by atoms with E-state index < -0.39 is 23.6 Å². The highest BCUT2D eigenvalue weighted by atomic mass is 16.6. The molecule has 7 nitrogen and oxygen atoms in total. The van der Waals surface area contributed by atoms with Crippen molar-refractivity contribution in [3.05, 3.63) is 33.1 Å². The van der Waals surface area contributed by atoms with E-state index in [-0.39, 0.29) is 18.8 Å². The minimum absolute atomic E-state index is 0.186. The topological polar surface area (TPSA) is 93.5 Å².